The van der Waals surface area contributed by atoms with Crippen molar-refractivity contribution in [3.8, 4) is 5.75 Å². The van der Waals surface area contributed by atoms with Crippen LogP contribution in [0.25, 0.3) is 0 Å². The first kappa shape index (κ1) is 21.6. The SMILES string of the molecule is O=C(NCc1ccc(F)cc1)c1nc(C2CCCCN2Cc2cccnc2)[nH]c(=O)c1O. The van der Waals surface area contributed by atoms with Crippen LogP contribution in [0.3, 0.4) is 0 Å². The van der Waals surface area contributed by atoms with Gasteiger partial charge in [0.25, 0.3) is 11.5 Å². The monoisotopic (exact) mass is 437 g/mol. The summed E-state index contributed by atoms with van der Waals surface area (Å²) in [5.74, 6) is -1.42. The second-order valence-electron chi connectivity index (χ2n) is 7.80. The molecule has 3 N–H and O–H groups in total. The summed E-state index contributed by atoms with van der Waals surface area (Å²) >= 11 is 0. The van der Waals surface area contributed by atoms with Crippen LogP contribution in [-0.4, -0.2) is 37.4 Å². The maximum atomic E-state index is 13.1. The number of aromatic hydroxyl groups is 1. The number of rotatable bonds is 6. The number of aromatic amines is 1. The molecule has 3 aromatic rings. The van der Waals surface area contributed by atoms with Crippen molar-refractivity contribution in [2.75, 3.05) is 6.54 Å². The molecule has 8 nitrogen and oxygen atoms in total. The van der Waals surface area contributed by atoms with Gasteiger partial charge in [-0.25, -0.2) is 9.37 Å². The number of carbonyl (C=O) groups is 1. The van der Waals surface area contributed by atoms with E-state index >= 15 is 0 Å². The number of hydrogen-bond donors (Lipinski definition) is 3. The fourth-order valence-electron chi connectivity index (χ4n) is 3.88. The lowest BCUT2D eigenvalue weighted by molar-refractivity contribution is 0.0939. The van der Waals surface area contributed by atoms with Crippen LogP contribution in [0.2, 0.25) is 0 Å². The smallest absolute Gasteiger partial charge is 0.293 e. The number of carbonyl (C=O) groups excluding carboxylic acids is 1. The fraction of sp³-hybridized carbons (Fsp3) is 0.304. The molecule has 1 unspecified atom stereocenters. The van der Waals surface area contributed by atoms with E-state index in [-0.39, 0.29) is 24.1 Å². The standard InChI is InChI=1S/C23H24FN5O3/c24-17-8-6-15(7-9-17)13-26-22(31)19-20(30)23(32)28-21(27-19)18-5-1-2-11-29(18)14-16-4-3-10-25-12-16/h3-4,6-10,12,18,30H,1-2,5,11,13-14H2,(H,26,31)(H,27,28,32). The molecule has 9 heteroatoms. The van der Waals surface area contributed by atoms with Crippen LogP contribution in [0.1, 0.15) is 52.7 Å². The first-order valence-electron chi connectivity index (χ1n) is 10.5. The summed E-state index contributed by atoms with van der Waals surface area (Å²) in [7, 11) is 0. The lowest BCUT2D eigenvalue weighted by Gasteiger charge is -2.35. The average molecular weight is 437 g/mol. The molecule has 4 rings (SSSR count). The van der Waals surface area contributed by atoms with Crippen LogP contribution in [0.4, 0.5) is 4.39 Å². The van der Waals surface area contributed by atoms with Crippen LogP contribution >= 0.6 is 0 Å². The Hall–Kier alpha value is -3.59. The number of nitrogens with zero attached hydrogens (tertiary/aromatic N) is 3. The van der Waals surface area contributed by atoms with Crippen molar-refractivity contribution in [3.63, 3.8) is 0 Å². The highest BCUT2D eigenvalue weighted by Crippen LogP contribution is 2.30. The van der Waals surface area contributed by atoms with E-state index in [1.165, 1.54) is 12.1 Å². The highest BCUT2D eigenvalue weighted by molar-refractivity contribution is 5.94. The molecule has 0 saturated carbocycles. The Morgan fingerprint density at radius 1 is 1.22 bits per heavy atom. The van der Waals surface area contributed by atoms with E-state index in [0.29, 0.717) is 17.9 Å². The van der Waals surface area contributed by atoms with Crippen molar-refractivity contribution in [2.45, 2.75) is 38.4 Å². The number of aromatic nitrogens is 3. The van der Waals surface area contributed by atoms with Gasteiger partial charge < -0.3 is 15.4 Å². The molecule has 0 radical (unpaired) electrons. The van der Waals surface area contributed by atoms with E-state index in [1.807, 2.05) is 12.1 Å². The second-order valence-corrected chi connectivity index (χ2v) is 7.80. The molecule has 1 aromatic carbocycles. The Balaban J connectivity index is 1.55. The number of H-pyrrole nitrogens is 1. The number of halogens is 1. The fourth-order valence-corrected chi connectivity index (χ4v) is 3.88. The van der Waals surface area contributed by atoms with E-state index in [4.69, 9.17) is 0 Å². The normalized spacial score (nSPS) is 16.6. The Labute approximate surface area is 184 Å². The zero-order valence-electron chi connectivity index (χ0n) is 17.4. The van der Waals surface area contributed by atoms with Crippen LogP contribution in [-0.2, 0) is 13.1 Å². The topological polar surface area (TPSA) is 111 Å². The predicted molar refractivity (Wildman–Crippen MR) is 115 cm³/mol. The van der Waals surface area contributed by atoms with E-state index in [2.05, 4.69) is 25.2 Å². The van der Waals surface area contributed by atoms with E-state index < -0.39 is 17.2 Å². The summed E-state index contributed by atoms with van der Waals surface area (Å²) in [6.07, 6.45) is 6.26. The number of hydrogen-bond acceptors (Lipinski definition) is 6. The highest BCUT2D eigenvalue weighted by Gasteiger charge is 2.28. The van der Waals surface area contributed by atoms with Crippen molar-refractivity contribution < 1.29 is 14.3 Å². The van der Waals surface area contributed by atoms with E-state index in [9.17, 15) is 19.1 Å². The molecule has 1 atom stereocenters. The van der Waals surface area contributed by atoms with Crippen LogP contribution in [0.15, 0.2) is 53.6 Å². The van der Waals surface area contributed by atoms with Crippen molar-refractivity contribution in [3.05, 3.63) is 87.6 Å². The number of likely N-dealkylation sites (tertiary alicyclic amines) is 1. The quantitative estimate of drug-likeness (QED) is 0.547. The molecule has 0 spiro atoms. The first-order valence-corrected chi connectivity index (χ1v) is 10.5. The van der Waals surface area contributed by atoms with Crippen molar-refractivity contribution >= 4 is 5.91 Å². The molecule has 0 bridgehead atoms. The number of piperidine rings is 1. The molecule has 166 valence electrons. The summed E-state index contributed by atoms with van der Waals surface area (Å²) in [6, 6.07) is 9.35. The average Bonchev–Trinajstić information content (AvgIpc) is 2.81. The van der Waals surface area contributed by atoms with Crippen LogP contribution < -0.4 is 10.9 Å². The molecule has 1 aliphatic rings. The molecule has 32 heavy (non-hydrogen) atoms. The van der Waals surface area contributed by atoms with Gasteiger partial charge in [-0.1, -0.05) is 24.6 Å². The predicted octanol–water partition coefficient (Wildman–Crippen LogP) is 2.67. The van der Waals surface area contributed by atoms with Gasteiger partial charge in [-0.15, -0.1) is 0 Å². The summed E-state index contributed by atoms with van der Waals surface area (Å²) in [4.78, 5) is 38.4. The Kier molecular flexibility index (Phi) is 6.55. The summed E-state index contributed by atoms with van der Waals surface area (Å²) in [6.45, 7) is 1.56. The van der Waals surface area contributed by atoms with Gasteiger partial charge in [0.15, 0.2) is 5.69 Å². The van der Waals surface area contributed by atoms with Gasteiger partial charge in [-0.05, 0) is 48.7 Å². The molecule has 3 heterocycles. The van der Waals surface area contributed by atoms with E-state index in [1.54, 1.807) is 24.5 Å². The zero-order valence-corrected chi connectivity index (χ0v) is 17.4. The molecular weight excluding hydrogens is 413 g/mol. The second kappa shape index (κ2) is 9.69. The Morgan fingerprint density at radius 3 is 2.78 bits per heavy atom. The summed E-state index contributed by atoms with van der Waals surface area (Å²) in [5.41, 5.74) is 0.642. The van der Waals surface area contributed by atoms with Gasteiger partial charge in [0, 0.05) is 25.5 Å². The maximum absolute atomic E-state index is 13.1. The minimum absolute atomic E-state index is 0.110. The lowest BCUT2D eigenvalue weighted by Crippen LogP contribution is -2.36. The van der Waals surface area contributed by atoms with Crippen molar-refractivity contribution in [1.82, 2.24) is 25.2 Å². The molecule has 1 fully saturated rings. The Morgan fingerprint density at radius 2 is 2.03 bits per heavy atom. The van der Waals surface area contributed by atoms with E-state index in [0.717, 1.165) is 31.4 Å². The Bertz CT molecular complexity index is 1130. The van der Waals surface area contributed by atoms with Gasteiger partial charge in [-0.2, -0.15) is 0 Å². The zero-order chi connectivity index (χ0) is 22.5. The van der Waals surface area contributed by atoms with Gasteiger partial charge in [0.2, 0.25) is 5.75 Å². The largest absolute Gasteiger partial charge is 0.501 e. The molecule has 1 saturated heterocycles. The molecule has 2 aromatic heterocycles. The number of benzene rings is 1. The third-order valence-corrected chi connectivity index (χ3v) is 5.53. The molecular formula is C23H24FN5O3. The van der Waals surface area contributed by atoms with Crippen LogP contribution in [0, 0.1) is 5.82 Å². The molecule has 1 aliphatic heterocycles. The third-order valence-electron chi connectivity index (χ3n) is 5.53. The number of amides is 1. The molecule has 1 amide bonds. The van der Waals surface area contributed by atoms with Gasteiger partial charge in [0.1, 0.15) is 11.6 Å². The summed E-state index contributed by atoms with van der Waals surface area (Å²) < 4.78 is 13.1. The number of nitrogens with one attached hydrogen (secondary N) is 2. The van der Waals surface area contributed by atoms with Crippen molar-refractivity contribution in [1.29, 1.82) is 0 Å². The maximum Gasteiger partial charge on any atom is 0.293 e. The molecule has 0 aliphatic carbocycles. The highest BCUT2D eigenvalue weighted by atomic mass is 19.1. The minimum atomic E-state index is -0.756. The lowest BCUT2D eigenvalue weighted by atomic mass is 10.0. The van der Waals surface area contributed by atoms with Gasteiger partial charge >= 0.3 is 0 Å². The minimum Gasteiger partial charge on any atom is -0.501 e. The third kappa shape index (κ3) is 5.00. The van der Waals surface area contributed by atoms with Crippen LogP contribution in [0.5, 0.6) is 5.75 Å². The summed E-state index contributed by atoms with van der Waals surface area (Å²) in [5, 5.41) is 12.8. The van der Waals surface area contributed by atoms with Gasteiger partial charge in [0.05, 0.1) is 6.04 Å². The first-order chi connectivity index (χ1) is 15.5. The number of pyridine rings is 1. The van der Waals surface area contributed by atoms with Crippen molar-refractivity contribution in [2.24, 2.45) is 0 Å². The van der Waals surface area contributed by atoms with Gasteiger partial charge in [-0.3, -0.25) is 19.5 Å².